The average molecular weight is 291 g/mol. The second-order valence-corrected chi connectivity index (χ2v) is 4.90. The average Bonchev–Trinajstić information content (AvgIpc) is 2.92. The lowest BCUT2D eigenvalue weighted by atomic mass is 10.2. The smallest absolute Gasteiger partial charge is 0.352 e. The predicted octanol–water partition coefficient (Wildman–Crippen LogP) is 2.40. The monoisotopic (exact) mass is 291 g/mol. The molecular formula is C15H17NO5. The van der Waals surface area contributed by atoms with E-state index in [2.05, 4.69) is 4.98 Å². The molecular weight excluding hydrogens is 274 g/mol. The standard InChI is InChI=1S/C15H17NO5/c17-15(18)13-9-10-8-11(2-3-12(10)16-13)19-7-4-14-20-5-1-6-21-14/h2-3,8-9,14,16H,1,4-7H2,(H,17,18). The number of hydrogen-bond donors (Lipinski definition) is 2. The summed E-state index contributed by atoms with van der Waals surface area (Å²) in [6.07, 6.45) is 1.42. The molecule has 6 heteroatoms. The van der Waals surface area contributed by atoms with Crippen LogP contribution in [0.5, 0.6) is 5.75 Å². The van der Waals surface area contributed by atoms with Gasteiger partial charge in [-0.15, -0.1) is 0 Å². The van der Waals surface area contributed by atoms with E-state index in [1.54, 1.807) is 6.07 Å². The van der Waals surface area contributed by atoms with Gasteiger partial charge in [-0.25, -0.2) is 4.79 Å². The number of aromatic amines is 1. The van der Waals surface area contributed by atoms with Gasteiger partial charge in [0.05, 0.1) is 19.8 Å². The summed E-state index contributed by atoms with van der Waals surface area (Å²) in [5, 5.41) is 9.77. The van der Waals surface area contributed by atoms with Crippen molar-refractivity contribution in [2.45, 2.75) is 19.1 Å². The van der Waals surface area contributed by atoms with Gasteiger partial charge < -0.3 is 24.3 Å². The van der Waals surface area contributed by atoms with Gasteiger partial charge in [0.15, 0.2) is 6.29 Å². The summed E-state index contributed by atoms with van der Waals surface area (Å²) in [5.74, 6) is -0.269. The fraction of sp³-hybridized carbons (Fsp3) is 0.400. The molecule has 2 N–H and O–H groups in total. The Kier molecular flexibility index (Phi) is 4.08. The minimum absolute atomic E-state index is 0.172. The summed E-state index contributed by atoms with van der Waals surface area (Å²) in [6.45, 7) is 1.96. The van der Waals surface area contributed by atoms with E-state index in [4.69, 9.17) is 19.3 Å². The van der Waals surface area contributed by atoms with Gasteiger partial charge in [-0.2, -0.15) is 0 Å². The number of H-pyrrole nitrogens is 1. The molecule has 2 aromatic rings. The summed E-state index contributed by atoms with van der Waals surface area (Å²) >= 11 is 0. The number of aromatic nitrogens is 1. The van der Waals surface area contributed by atoms with Crippen molar-refractivity contribution in [2.24, 2.45) is 0 Å². The number of ether oxygens (including phenoxy) is 3. The molecule has 1 aromatic carbocycles. The van der Waals surface area contributed by atoms with Crippen LogP contribution in [0.2, 0.25) is 0 Å². The Labute approximate surface area is 121 Å². The molecule has 1 aliphatic rings. The van der Waals surface area contributed by atoms with Crippen molar-refractivity contribution in [2.75, 3.05) is 19.8 Å². The lowest BCUT2D eigenvalue weighted by Crippen LogP contribution is -2.26. The van der Waals surface area contributed by atoms with Gasteiger partial charge in [0.25, 0.3) is 0 Å². The zero-order valence-corrected chi connectivity index (χ0v) is 11.5. The minimum Gasteiger partial charge on any atom is -0.493 e. The number of fused-ring (bicyclic) bond motifs is 1. The first kappa shape index (κ1) is 13.9. The SMILES string of the molecule is O=C(O)c1cc2cc(OCCC3OCCCO3)ccc2[nH]1. The number of benzene rings is 1. The lowest BCUT2D eigenvalue weighted by molar-refractivity contribution is -0.183. The maximum atomic E-state index is 10.9. The quantitative estimate of drug-likeness (QED) is 0.884. The zero-order valence-electron chi connectivity index (χ0n) is 11.5. The molecule has 21 heavy (non-hydrogen) atoms. The van der Waals surface area contributed by atoms with E-state index in [-0.39, 0.29) is 12.0 Å². The Balaban J connectivity index is 1.60. The van der Waals surface area contributed by atoms with Crippen LogP contribution in [-0.4, -0.2) is 42.2 Å². The molecule has 0 bridgehead atoms. The van der Waals surface area contributed by atoms with E-state index in [1.807, 2.05) is 18.2 Å². The first-order valence-electron chi connectivity index (χ1n) is 6.94. The fourth-order valence-corrected chi connectivity index (χ4v) is 2.29. The molecule has 0 spiro atoms. The molecule has 1 fully saturated rings. The topological polar surface area (TPSA) is 80.8 Å². The van der Waals surface area contributed by atoms with Crippen molar-refractivity contribution in [3.63, 3.8) is 0 Å². The van der Waals surface area contributed by atoms with Gasteiger partial charge in [-0.3, -0.25) is 0 Å². The molecule has 2 heterocycles. The summed E-state index contributed by atoms with van der Waals surface area (Å²) in [6, 6.07) is 7.04. The molecule has 0 saturated carbocycles. The third-order valence-electron chi connectivity index (χ3n) is 3.34. The number of carboxylic acids is 1. The van der Waals surface area contributed by atoms with Crippen LogP contribution in [0.3, 0.4) is 0 Å². The molecule has 0 radical (unpaired) electrons. The largest absolute Gasteiger partial charge is 0.493 e. The number of rotatable bonds is 5. The van der Waals surface area contributed by atoms with Crippen molar-refractivity contribution in [3.05, 3.63) is 30.0 Å². The van der Waals surface area contributed by atoms with E-state index < -0.39 is 5.97 Å². The minimum atomic E-state index is -0.972. The zero-order chi connectivity index (χ0) is 14.7. The Hall–Kier alpha value is -2.05. The third-order valence-corrected chi connectivity index (χ3v) is 3.34. The van der Waals surface area contributed by atoms with Crippen molar-refractivity contribution >= 4 is 16.9 Å². The van der Waals surface area contributed by atoms with Crippen LogP contribution in [0.25, 0.3) is 10.9 Å². The maximum Gasteiger partial charge on any atom is 0.352 e. The second-order valence-electron chi connectivity index (χ2n) is 4.90. The Morgan fingerprint density at radius 3 is 2.90 bits per heavy atom. The highest BCUT2D eigenvalue weighted by atomic mass is 16.7. The van der Waals surface area contributed by atoms with E-state index in [0.717, 1.165) is 30.5 Å². The normalized spacial score (nSPS) is 16.2. The molecule has 1 aromatic heterocycles. The van der Waals surface area contributed by atoms with Gasteiger partial charge in [0.1, 0.15) is 11.4 Å². The van der Waals surface area contributed by atoms with Crippen molar-refractivity contribution in [1.29, 1.82) is 0 Å². The summed E-state index contributed by atoms with van der Waals surface area (Å²) in [7, 11) is 0. The highest BCUT2D eigenvalue weighted by molar-refractivity contribution is 5.94. The van der Waals surface area contributed by atoms with Crippen LogP contribution >= 0.6 is 0 Å². The van der Waals surface area contributed by atoms with Crippen LogP contribution in [0.1, 0.15) is 23.3 Å². The number of aromatic carboxylic acids is 1. The van der Waals surface area contributed by atoms with E-state index in [9.17, 15) is 4.79 Å². The summed E-state index contributed by atoms with van der Waals surface area (Å²) in [4.78, 5) is 13.7. The van der Waals surface area contributed by atoms with Gasteiger partial charge in [-0.1, -0.05) is 0 Å². The summed E-state index contributed by atoms with van der Waals surface area (Å²) < 4.78 is 16.6. The molecule has 1 aliphatic heterocycles. The van der Waals surface area contributed by atoms with Crippen LogP contribution in [0.4, 0.5) is 0 Å². The molecule has 0 unspecified atom stereocenters. The summed E-state index contributed by atoms with van der Waals surface area (Å²) in [5.41, 5.74) is 0.949. The van der Waals surface area contributed by atoms with Gasteiger partial charge in [0.2, 0.25) is 0 Å². The third kappa shape index (κ3) is 3.34. The Bertz CT molecular complexity index is 630. The first-order chi connectivity index (χ1) is 10.2. The van der Waals surface area contributed by atoms with Gasteiger partial charge in [0, 0.05) is 17.3 Å². The highest BCUT2D eigenvalue weighted by Crippen LogP contribution is 2.22. The van der Waals surface area contributed by atoms with Crippen molar-refractivity contribution < 1.29 is 24.1 Å². The van der Waals surface area contributed by atoms with Crippen LogP contribution in [0, 0.1) is 0 Å². The van der Waals surface area contributed by atoms with Crippen molar-refractivity contribution in [1.82, 2.24) is 4.98 Å². The van der Waals surface area contributed by atoms with Crippen molar-refractivity contribution in [3.8, 4) is 5.75 Å². The molecule has 3 rings (SSSR count). The predicted molar refractivity (Wildman–Crippen MR) is 75.7 cm³/mol. The number of hydrogen-bond acceptors (Lipinski definition) is 4. The molecule has 0 atom stereocenters. The van der Waals surface area contributed by atoms with E-state index in [0.29, 0.717) is 18.8 Å². The van der Waals surface area contributed by atoms with E-state index in [1.165, 1.54) is 0 Å². The molecule has 112 valence electrons. The molecule has 0 amide bonds. The van der Waals surface area contributed by atoms with Crippen LogP contribution in [0.15, 0.2) is 24.3 Å². The number of carbonyl (C=O) groups is 1. The molecule has 0 aliphatic carbocycles. The fourth-order valence-electron chi connectivity index (χ4n) is 2.29. The lowest BCUT2D eigenvalue weighted by Gasteiger charge is -2.23. The van der Waals surface area contributed by atoms with Crippen LogP contribution < -0.4 is 4.74 Å². The first-order valence-corrected chi connectivity index (χ1v) is 6.94. The van der Waals surface area contributed by atoms with Crippen LogP contribution in [-0.2, 0) is 9.47 Å². The van der Waals surface area contributed by atoms with Gasteiger partial charge in [-0.05, 0) is 30.7 Å². The van der Waals surface area contributed by atoms with Gasteiger partial charge >= 0.3 is 5.97 Å². The number of nitrogens with one attached hydrogen (secondary N) is 1. The number of carboxylic acid groups (broad SMARTS) is 1. The van der Waals surface area contributed by atoms with E-state index >= 15 is 0 Å². The molecule has 1 saturated heterocycles. The molecule has 6 nitrogen and oxygen atoms in total. The Morgan fingerprint density at radius 1 is 1.33 bits per heavy atom. The highest BCUT2D eigenvalue weighted by Gasteiger charge is 2.14. The second kappa shape index (κ2) is 6.15. The Morgan fingerprint density at radius 2 is 2.14 bits per heavy atom. The maximum absolute atomic E-state index is 10.9.